The number of urea groups is 1. The molecule has 28 heavy (non-hydrogen) atoms. The highest BCUT2D eigenvalue weighted by atomic mass is 16.5. The molecule has 2 saturated heterocycles. The van der Waals surface area contributed by atoms with Gasteiger partial charge >= 0.3 is 6.03 Å². The van der Waals surface area contributed by atoms with Crippen LogP contribution in [0.1, 0.15) is 37.0 Å². The Kier molecular flexibility index (Phi) is 5.23. The second-order valence-corrected chi connectivity index (χ2v) is 7.86. The average Bonchev–Trinajstić information content (AvgIpc) is 2.84. The van der Waals surface area contributed by atoms with Crippen LogP contribution in [0.4, 0.5) is 4.79 Å². The molecule has 0 radical (unpaired) electrons. The summed E-state index contributed by atoms with van der Waals surface area (Å²) in [5, 5.41) is 9.93. The highest BCUT2D eigenvalue weighted by molar-refractivity contribution is 6.07. The molecule has 2 heterocycles. The predicted molar refractivity (Wildman–Crippen MR) is 102 cm³/mol. The number of rotatable bonds is 4. The Morgan fingerprint density at radius 3 is 2.43 bits per heavy atom. The third-order valence-corrected chi connectivity index (χ3v) is 5.59. The molecule has 0 aliphatic carbocycles. The van der Waals surface area contributed by atoms with Crippen LogP contribution in [0.25, 0.3) is 0 Å². The van der Waals surface area contributed by atoms with Crippen LogP contribution >= 0.6 is 0 Å². The Morgan fingerprint density at radius 1 is 1.25 bits per heavy atom. The number of piperidine rings is 1. The minimum Gasteiger partial charge on any atom is -0.504 e. The topological polar surface area (TPSA) is 90.4 Å². The summed E-state index contributed by atoms with van der Waals surface area (Å²) >= 11 is 0. The first kappa shape index (κ1) is 20.0. The van der Waals surface area contributed by atoms with E-state index in [4.69, 9.17) is 4.74 Å². The first-order valence-electron chi connectivity index (χ1n) is 9.47. The van der Waals surface area contributed by atoms with Gasteiger partial charge in [-0.1, -0.05) is 13.8 Å². The maximum absolute atomic E-state index is 12.9. The number of aromatic hydroxyl groups is 1. The number of benzene rings is 1. The fraction of sp³-hybridized carbons (Fsp3) is 0.550. The van der Waals surface area contributed by atoms with Gasteiger partial charge in [-0.15, -0.1) is 0 Å². The van der Waals surface area contributed by atoms with E-state index in [0.717, 1.165) is 0 Å². The van der Waals surface area contributed by atoms with Gasteiger partial charge in [0.1, 0.15) is 5.54 Å². The number of likely N-dealkylation sites (tertiary alicyclic amines) is 1. The zero-order valence-corrected chi connectivity index (χ0v) is 16.8. The van der Waals surface area contributed by atoms with E-state index in [0.29, 0.717) is 43.8 Å². The first-order valence-corrected chi connectivity index (χ1v) is 9.47. The van der Waals surface area contributed by atoms with Crippen LogP contribution in [0.15, 0.2) is 18.2 Å². The lowest BCUT2D eigenvalue weighted by molar-refractivity contribution is -0.134. The van der Waals surface area contributed by atoms with Crippen molar-refractivity contribution in [2.75, 3.05) is 33.8 Å². The van der Waals surface area contributed by atoms with Gasteiger partial charge in [-0.05, 0) is 37.0 Å². The van der Waals surface area contributed by atoms with E-state index in [-0.39, 0.29) is 29.5 Å². The van der Waals surface area contributed by atoms with E-state index in [9.17, 15) is 19.5 Å². The molecule has 4 amide bonds. The van der Waals surface area contributed by atoms with Crippen LogP contribution in [-0.2, 0) is 4.79 Å². The zero-order valence-electron chi connectivity index (χ0n) is 16.8. The van der Waals surface area contributed by atoms with E-state index >= 15 is 0 Å². The number of phenols is 1. The number of likely N-dealkylation sites (N-methyl/N-ethyl adjacent to an activating group) is 1. The van der Waals surface area contributed by atoms with Gasteiger partial charge < -0.3 is 19.6 Å². The van der Waals surface area contributed by atoms with Gasteiger partial charge in [-0.3, -0.25) is 14.5 Å². The number of nitrogens with zero attached hydrogens (tertiary/aromatic N) is 3. The maximum atomic E-state index is 12.9. The van der Waals surface area contributed by atoms with Crippen molar-refractivity contribution in [2.24, 2.45) is 5.92 Å². The molecule has 1 spiro atoms. The van der Waals surface area contributed by atoms with Gasteiger partial charge in [-0.25, -0.2) is 4.79 Å². The summed E-state index contributed by atoms with van der Waals surface area (Å²) in [6.07, 6.45) is 0.811. The summed E-state index contributed by atoms with van der Waals surface area (Å²) in [5.74, 6) is 0.0439. The summed E-state index contributed by atoms with van der Waals surface area (Å²) in [6.45, 7) is 5.27. The Bertz CT molecular complexity index is 799. The molecule has 152 valence electrons. The molecule has 0 bridgehead atoms. The van der Waals surface area contributed by atoms with Crippen molar-refractivity contribution in [2.45, 2.75) is 32.2 Å². The number of imide groups is 1. The zero-order chi connectivity index (χ0) is 20.6. The second-order valence-electron chi connectivity index (χ2n) is 7.86. The van der Waals surface area contributed by atoms with E-state index in [1.807, 2.05) is 13.8 Å². The quantitative estimate of drug-likeness (QED) is 0.795. The Hall–Kier alpha value is -2.77. The number of carbonyl (C=O) groups excluding carboxylic acids is 3. The normalized spacial score (nSPS) is 19.1. The largest absolute Gasteiger partial charge is 0.504 e. The number of amides is 4. The van der Waals surface area contributed by atoms with Gasteiger partial charge in [0.15, 0.2) is 11.5 Å². The summed E-state index contributed by atoms with van der Waals surface area (Å²) < 4.78 is 5.01. The molecule has 1 aromatic rings. The van der Waals surface area contributed by atoms with Crippen LogP contribution in [-0.4, -0.2) is 77.0 Å². The fourth-order valence-corrected chi connectivity index (χ4v) is 4.07. The monoisotopic (exact) mass is 389 g/mol. The highest BCUT2D eigenvalue weighted by Crippen LogP contribution is 2.37. The Balaban J connectivity index is 1.77. The van der Waals surface area contributed by atoms with Crippen LogP contribution in [0.2, 0.25) is 0 Å². The molecule has 8 nitrogen and oxygen atoms in total. The molecule has 0 atom stereocenters. The van der Waals surface area contributed by atoms with Crippen molar-refractivity contribution < 1.29 is 24.2 Å². The second kappa shape index (κ2) is 7.33. The number of hydrogen-bond acceptors (Lipinski definition) is 5. The standard InChI is InChI=1S/C20H27N3O5/c1-13(2)12-23-19(27)21(3)18(26)20(23)7-9-22(10-8-20)17(25)14-5-6-16(28-4)15(24)11-14/h5-6,11,13,24H,7-10,12H2,1-4H3. The van der Waals surface area contributed by atoms with Gasteiger partial charge in [-0.2, -0.15) is 0 Å². The molecule has 2 aliphatic heterocycles. The van der Waals surface area contributed by atoms with Gasteiger partial charge in [0.05, 0.1) is 7.11 Å². The third kappa shape index (κ3) is 3.16. The van der Waals surface area contributed by atoms with Crippen molar-refractivity contribution in [1.82, 2.24) is 14.7 Å². The molecule has 1 aromatic carbocycles. The molecule has 0 unspecified atom stereocenters. The van der Waals surface area contributed by atoms with E-state index in [2.05, 4.69) is 0 Å². The molecule has 1 N–H and O–H groups in total. The molecule has 8 heteroatoms. The number of ether oxygens (including phenoxy) is 1. The van der Waals surface area contributed by atoms with Crippen molar-refractivity contribution in [3.8, 4) is 11.5 Å². The lowest BCUT2D eigenvalue weighted by Crippen LogP contribution is -2.58. The minimum absolute atomic E-state index is 0.0943. The lowest BCUT2D eigenvalue weighted by Gasteiger charge is -2.42. The van der Waals surface area contributed by atoms with E-state index in [1.54, 1.807) is 21.9 Å². The van der Waals surface area contributed by atoms with Crippen molar-refractivity contribution in [3.05, 3.63) is 23.8 Å². The van der Waals surface area contributed by atoms with Crippen molar-refractivity contribution in [3.63, 3.8) is 0 Å². The summed E-state index contributed by atoms with van der Waals surface area (Å²) in [6, 6.07) is 4.27. The van der Waals surface area contributed by atoms with Gasteiger partial charge in [0.25, 0.3) is 11.8 Å². The summed E-state index contributed by atoms with van der Waals surface area (Å²) in [5.41, 5.74) is -0.506. The number of carbonyl (C=O) groups is 3. The molecule has 3 rings (SSSR count). The molecule has 0 aromatic heterocycles. The van der Waals surface area contributed by atoms with E-state index < -0.39 is 5.54 Å². The Morgan fingerprint density at radius 2 is 1.89 bits per heavy atom. The van der Waals surface area contributed by atoms with Crippen LogP contribution < -0.4 is 4.74 Å². The summed E-state index contributed by atoms with van der Waals surface area (Å²) in [4.78, 5) is 42.8. The SMILES string of the molecule is COc1ccc(C(=O)N2CCC3(CC2)C(=O)N(C)C(=O)N3CC(C)C)cc1O. The maximum Gasteiger partial charge on any atom is 0.327 e. The third-order valence-electron chi connectivity index (χ3n) is 5.59. The molecule has 0 saturated carbocycles. The molecular formula is C20H27N3O5. The van der Waals surface area contributed by atoms with Gasteiger partial charge in [0.2, 0.25) is 0 Å². The molecule has 2 aliphatic rings. The number of hydrogen-bond donors (Lipinski definition) is 1. The van der Waals surface area contributed by atoms with Crippen LogP contribution in [0.3, 0.4) is 0 Å². The van der Waals surface area contributed by atoms with Crippen molar-refractivity contribution in [1.29, 1.82) is 0 Å². The van der Waals surface area contributed by atoms with Crippen molar-refractivity contribution >= 4 is 17.8 Å². The fourth-order valence-electron chi connectivity index (χ4n) is 4.07. The van der Waals surface area contributed by atoms with Crippen LogP contribution in [0.5, 0.6) is 11.5 Å². The van der Waals surface area contributed by atoms with Crippen LogP contribution in [0, 0.1) is 5.92 Å². The lowest BCUT2D eigenvalue weighted by atomic mass is 9.85. The number of phenolic OH excluding ortho intramolecular Hbond substituents is 1. The smallest absolute Gasteiger partial charge is 0.327 e. The van der Waals surface area contributed by atoms with Gasteiger partial charge in [0, 0.05) is 32.2 Å². The highest BCUT2D eigenvalue weighted by Gasteiger charge is 2.57. The minimum atomic E-state index is -0.866. The van der Waals surface area contributed by atoms with E-state index in [1.165, 1.54) is 25.1 Å². The Labute approximate surface area is 164 Å². The molecular weight excluding hydrogens is 362 g/mol. The predicted octanol–water partition coefficient (Wildman–Crippen LogP) is 1.93. The summed E-state index contributed by atoms with van der Waals surface area (Å²) in [7, 11) is 2.96. The number of methoxy groups -OCH3 is 1. The molecule has 2 fully saturated rings. The first-order chi connectivity index (χ1) is 13.2. The average molecular weight is 389 g/mol.